The van der Waals surface area contributed by atoms with Crippen LogP contribution in [0, 0.1) is 0 Å². The third-order valence-electron chi connectivity index (χ3n) is 8.74. The van der Waals surface area contributed by atoms with Crippen molar-refractivity contribution in [3.63, 3.8) is 0 Å². The van der Waals surface area contributed by atoms with Crippen LogP contribution in [0.4, 0.5) is 11.8 Å². The van der Waals surface area contributed by atoms with Crippen LogP contribution in [0.5, 0.6) is 0 Å². The fourth-order valence-electron chi connectivity index (χ4n) is 5.95. The van der Waals surface area contributed by atoms with E-state index in [0.29, 0.717) is 112 Å². The van der Waals surface area contributed by atoms with Crippen LogP contribution >= 0.6 is 0 Å². The lowest BCUT2D eigenvalue weighted by Crippen LogP contribution is -2.23. The Kier molecular flexibility index (Phi) is 17.9. The van der Waals surface area contributed by atoms with Gasteiger partial charge in [0.15, 0.2) is 11.2 Å². The number of nitrogen functional groups attached to an aromatic ring is 2. The summed E-state index contributed by atoms with van der Waals surface area (Å²) in [5.41, 5.74) is 18.1. The summed E-state index contributed by atoms with van der Waals surface area (Å²) in [6.45, 7) is 10.4. The van der Waals surface area contributed by atoms with Crippen LogP contribution in [0.1, 0.15) is 55.9 Å². The Bertz CT molecular complexity index is 1950. The molecule has 1 amide bonds. The molecule has 310 valence electrons. The third kappa shape index (κ3) is 13.1. The molecule has 3 heterocycles. The fourth-order valence-corrected chi connectivity index (χ4v) is 5.95. The van der Waals surface area contributed by atoms with Crippen molar-refractivity contribution in [1.29, 1.82) is 0 Å². The molecule has 17 nitrogen and oxygen atoms in total. The van der Waals surface area contributed by atoms with E-state index in [1.54, 1.807) is 11.8 Å². The average molecular weight is 793 g/mol. The summed E-state index contributed by atoms with van der Waals surface area (Å²) >= 11 is 0. The lowest BCUT2D eigenvalue weighted by atomic mass is 9.97. The number of benzene rings is 2. The summed E-state index contributed by atoms with van der Waals surface area (Å²) in [7, 11) is 1.57. The molecule has 0 fully saturated rings. The van der Waals surface area contributed by atoms with E-state index in [1.165, 1.54) is 6.33 Å². The number of methoxy groups -OCH3 is 1. The van der Waals surface area contributed by atoms with Crippen LogP contribution in [0.25, 0.3) is 33.4 Å². The van der Waals surface area contributed by atoms with E-state index in [0.717, 1.165) is 36.1 Å². The fraction of sp³-hybridized carbons (Fsp3) is 0.525. The minimum absolute atomic E-state index is 0.0344. The van der Waals surface area contributed by atoms with Gasteiger partial charge in [0, 0.05) is 38.9 Å². The van der Waals surface area contributed by atoms with Crippen molar-refractivity contribution >= 4 is 39.9 Å². The zero-order valence-electron chi connectivity index (χ0n) is 33.2. The predicted molar refractivity (Wildman–Crippen MR) is 214 cm³/mol. The molecule has 0 bridgehead atoms. The maximum atomic E-state index is 12.0. The highest BCUT2D eigenvalue weighted by Crippen LogP contribution is 2.38. The molecule has 0 saturated carbocycles. The van der Waals surface area contributed by atoms with Crippen molar-refractivity contribution in [2.24, 2.45) is 0 Å². The molecule has 5 rings (SSSR count). The summed E-state index contributed by atoms with van der Waals surface area (Å²) in [4.78, 5) is 25.4. The molecule has 5 N–H and O–H groups in total. The van der Waals surface area contributed by atoms with Crippen LogP contribution < -0.4 is 16.8 Å². The molecule has 57 heavy (non-hydrogen) atoms. The van der Waals surface area contributed by atoms with Crippen LogP contribution in [-0.4, -0.2) is 117 Å². The quantitative estimate of drug-likeness (QED) is 0.0596. The van der Waals surface area contributed by atoms with Gasteiger partial charge in [-0.15, -0.1) is 0 Å². The standard InChI is InChI=1S/C40H56N8O9/c1-4-11-51-14-15-52-16-17-53-18-19-54-20-21-56-34(26-55-12-5-2)30-23-33-32(46-40(42)57-33)22-31(30)37-36-38(41)44-27-45-39(36)48(47-37)25-29-8-6-28(7-9-29)24-43-35(49)10-13-50-3/h6-9,22-23,27,34H,4-5,10-21,24-26H2,1-3H3,(H2,42,46)(H,43,49)(H2,41,44,45). The first kappa shape index (κ1) is 43.4. The van der Waals surface area contributed by atoms with E-state index in [-0.39, 0.29) is 31.0 Å². The second-order valence-corrected chi connectivity index (χ2v) is 13.1. The molecule has 0 radical (unpaired) electrons. The number of aromatic nitrogens is 5. The molecule has 1 unspecified atom stereocenters. The number of amides is 1. The maximum absolute atomic E-state index is 12.0. The third-order valence-corrected chi connectivity index (χ3v) is 8.74. The smallest absolute Gasteiger partial charge is 0.292 e. The molecule has 0 saturated heterocycles. The lowest BCUT2D eigenvalue weighted by Gasteiger charge is -2.21. The highest BCUT2D eigenvalue weighted by Gasteiger charge is 2.26. The SMILES string of the molecule is CCCOCCOCCOCCOCCOC(COCCC)c1cc2oc(N)nc2cc1-c1nn(Cc2ccc(CNC(=O)CCOC)cc2)c2ncnc(N)c12. The van der Waals surface area contributed by atoms with Crippen molar-refractivity contribution in [3.05, 3.63) is 59.4 Å². The zero-order valence-corrected chi connectivity index (χ0v) is 33.2. The summed E-state index contributed by atoms with van der Waals surface area (Å²) in [5.74, 6) is 0.204. The van der Waals surface area contributed by atoms with Crippen molar-refractivity contribution in [2.75, 3.05) is 97.9 Å². The highest BCUT2D eigenvalue weighted by molar-refractivity contribution is 6.00. The number of anilines is 2. The summed E-state index contributed by atoms with van der Waals surface area (Å²) in [6, 6.07) is 11.7. The molecule has 0 aliphatic rings. The molecule has 0 aliphatic heterocycles. The number of nitrogens with one attached hydrogen (secondary N) is 1. The number of oxazole rings is 1. The first-order valence-corrected chi connectivity index (χ1v) is 19.4. The molecule has 0 spiro atoms. The van der Waals surface area contributed by atoms with E-state index < -0.39 is 6.10 Å². The first-order chi connectivity index (χ1) is 27.9. The lowest BCUT2D eigenvalue weighted by molar-refractivity contribution is -0.122. The Labute approximate surface area is 332 Å². The molecular weight excluding hydrogens is 736 g/mol. The molecule has 2 aromatic carbocycles. The summed E-state index contributed by atoms with van der Waals surface area (Å²) in [5, 5.41) is 8.57. The van der Waals surface area contributed by atoms with Crippen molar-refractivity contribution < 1.29 is 42.4 Å². The van der Waals surface area contributed by atoms with Crippen LogP contribution in [-0.2, 0) is 51.0 Å². The number of nitrogens with zero attached hydrogens (tertiary/aromatic N) is 5. The van der Waals surface area contributed by atoms with Gasteiger partial charge >= 0.3 is 0 Å². The number of hydrogen-bond donors (Lipinski definition) is 3. The van der Waals surface area contributed by atoms with Gasteiger partial charge in [-0.1, -0.05) is 38.1 Å². The molecule has 3 aromatic heterocycles. The molecular formula is C40H56N8O9. The van der Waals surface area contributed by atoms with Gasteiger partial charge in [0.25, 0.3) is 6.01 Å². The van der Waals surface area contributed by atoms with Crippen molar-refractivity contribution in [3.8, 4) is 11.3 Å². The number of nitrogens with two attached hydrogens (primary N) is 2. The second-order valence-electron chi connectivity index (χ2n) is 13.1. The molecule has 0 aliphatic carbocycles. The van der Waals surface area contributed by atoms with Gasteiger partial charge in [-0.05, 0) is 41.7 Å². The molecule has 1 atom stereocenters. The van der Waals surface area contributed by atoms with E-state index in [9.17, 15) is 4.79 Å². The zero-order chi connectivity index (χ0) is 40.2. The van der Waals surface area contributed by atoms with Crippen molar-refractivity contribution in [1.82, 2.24) is 30.0 Å². The topological polar surface area (TPSA) is 215 Å². The molecule has 5 aromatic rings. The Balaban J connectivity index is 1.31. The highest BCUT2D eigenvalue weighted by atomic mass is 16.6. The van der Waals surface area contributed by atoms with E-state index in [4.69, 9.17) is 54.1 Å². The Morgan fingerprint density at radius 1 is 0.825 bits per heavy atom. The minimum atomic E-state index is -0.547. The van der Waals surface area contributed by atoms with Crippen LogP contribution in [0.2, 0.25) is 0 Å². The number of rotatable bonds is 28. The van der Waals surface area contributed by atoms with Gasteiger partial charge in [-0.3, -0.25) is 4.79 Å². The molecule has 17 heteroatoms. The number of hydrogen-bond acceptors (Lipinski definition) is 15. The van der Waals surface area contributed by atoms with E-state index in [2.05, 4.69) is 27.2 Å². The van der Waals surface area contributed by atoms with Crippen LogP contribution in [0.3, 0.4) is 0 Å². The maximum Gasteiger partial charge on any atom is 0.292 e. The van der Waals surface area contributed by atoms with Gasteiger partial charge in [0.1, 0.15) is 29.5 Å². The number of carbonyl (C=O) groups is 1. The van der Waals surface area contributed by atoms with E-state index >= 15 is 0 Å². The van der Waals surface area contributed by atoms with Crippen molar-refractivity contribution in [2.45, 2.75) is 52.3 Å². The van der Waals surface area contributed by atoms with Gasteiger partial charge in [-0.25, -0.2) is 14.6 Å². The minimum Gasteiger partial charge on any atom is -0.424 e. The Hall–Kier alpha value is -4.75. The van der Waals surface area contributed by atoms with Gasteiger partial charge in [-0.2, -0.15) is 10.1 Å². The summed E-state index contributed by atoms with van der Waals surface area (Å²) in [6.07, 6.45) is 3.01. The van der Waals surface area contributed by atoms with E-state index in [1.807, 2.05) is 43.3 Å². The largest absolute Gasteiger partial charge is 0.424 e. The predicted octanol–water partition coefficient (Wildman–Crippen LogP) is 4.46. The number of fused-ring (bicyclic) bond motifs is 2. The monoisotopic (exact) mass is 792 g/mol. The number of ether oxygens (including phenoxy) is 7. The van der Waals surface area contributed by atoms with Crippen LogP contribution in [0.15, 0.2) is 47.1 Å². The first-order valence-electron chi connectivity index (χ1n) is 19.4. The normalized spacial score (nSPS) is 12.2. The average Bonchev–Trinajstić information content (AvgIpc) is 3.78. The Morgan fingerprint density at radius 2 is 1.47 bits per heavy atom. The Morgan fingerprint density at radius 3 is 2.16 bits per heavy atom. The summed E-state index contributed by atoms with van der Waals surface area (Å²) < 4.78 is 47.4. The van der Waals surface area contributed by atoms with Gasteiger partial charge in [0.2, 0.25) is 5.91 Å². The second kappa shape index (κ2) is 23.5. The number of carbonyl (C=O) groups excluding carboxylic acids is 1. The van der Waals surface area contributed by atoms with Gasteiger partial charge < -0.3 is 54.4 Å². The van der Waals surface area contributed by atoms with Gasteiger partial charge in [0.05, 0.1) is 78.0 Å².